The van der Waals surface area contributed by atoms with Crippen molar-refractivity contribution >= 4 is 11.9 Å². The lowest BCUT2D eigenvalue weighted by Crippen LogP contribution is -2.35. The molecule has 2 rings (SSSR count). The molecule has 0 aliphatic heterocycles. The molecule has 1 unspecified atom stereocenters. The van der Waals surface area contributed by atoms with E-state index in [0.717, 1.165) is 24.0 Å². The third kappa shape index (κ3) is 4.86. The summed E-state index contributed by atoms with van der Waals surface area (Å²) in [7, 11) is 1.90. The molecule has 0 saturated heterocycles. The first-order chi connectivity index (χ1) is 9.95. The Morgan fingerprint density at radius 3 is 2.48 bits per heavy atom. The molecule has 5 nitrogen and oxygen atoms in total. The molecule has 21 heavy (non-hydrogen) atoms. The Morgan fingerprint density at radius 2 is 1.95 bits per heavy atom. The second-order valence-electron chi connectivity index (χ2n) is 5.82. The first kappa shape index (κ1) is 15.5. The molecule has 1 amide bonds. The molecular formula is C16H22N2O3. The topological polar surface area (TPSA) is 69.6 Å². The zero-order chi connectivity index (χ0) is 15.4. The first-order valence-electron chi connectivity index (χ1n) is 7.25. The SMILES string of the molecule is CC(C(=O)O)c1ccc(CN(C)CC(=O)NC2CC2)cc1. The number of carbonyl (C=O) groups is 2. The maximum atomic E-state index is 11.7. The van der Waals surface area contributed by atoms with Crippen molar-refractivity contribution in [3.05, 3.63) is 35.4 Å². The normalized spacial score (nSPS) is 15.8. The summed E-state index contributed by atoms with van der Waals surface area (Å²) in [6, 6.07) is 7.91. The molecule has 0 bridgehead atoms. The van der Waals surface area contributed by atoms with Crippen molar-refractivity contribution < 1.29 is 14.7 Å². The molecule has 1 aromatic carbocycles. The maximum Gasteiger partial charge on any atom is 0.310 e. The average molecular weight is 290 g/mol. The van der Waals surface area contributed by atoms with Crippen LogP contribution < -0.4 is 5.32 Å². The number of nitrogens with one attached hydrogen (secondary N) is 1. The monoisotopic (exact) mass is 290 g/mol. The van der Waals surface area contributed by atoms with Crippen molar-refractivity contribution in [3.63, 3.8) is 0 Å². The molecule has 5 heteroatoms. The fourth-order valence-corrected chi connectivity index (χ4v) is 2.17. The van der Waals surface area contributed by atoms with Crippen LogP contribution in [0.2, 0.25) is 0 Å². The average Bonchev–Trinajstić information content (AvgIpc) is 3.22. The van der Waals surface area contributed by atoms with Crippen LogP contribution in [0.4, 0.5) is 0 Å². The molecule has 1 aliphatic rings. The molecule has 0 radical (unpaired) electrons. The van der Waals surface area contributed by atoms with Crippen LogP contribution in [-0.4, -0.2) is 41.5 Å². The van der Waals surface area contributed by atoms with Gasteiger partial charge in [0.05, 0.1) is 12.5 Å². The van der Waals surface area contributed by atoms with Crippen molar-refractivity contribution in [2.24, 2.45) is 0 Å². The van der Waals surface area contributed by atoms with E-state index in [0.29, 0.717) is 19.1 Å². The van der Waals surface area contributed by atoms with E-state index in [9.17, 15) is 9.59 Å². The maximum absolute atomic E-state index is 11.7. The zero-order valence-corrected chi connectivity index (χ0v) is 12.5. The molecule has 1 atom stereocenters. The number of aliphatic carboxylic acids is 1. The van der Waals surface area contributed by atoms with Gasteiger partial charge in [0.25, 0.3) is 0 Å². The van der Waals surface area contributed by atoms with E-state index in [-0.39, 0.29) is 5.91 Å². The molecule has 1 aromatic rings. The van der Waals surface area contributed by atoms with E-state index in [1.54, 1.807) is 6.92 Å². The van der Waals surface area contributed by atoms with Crippen LogP contribution in [0.1, 0.15) is 36.8 Å². The van der Waals surface area contributed by atoms with Gasteiger partial charge in [-0.05, 0) is 37.9 Å². The van der Waals surface area contributed by atoms with E-state index in [4.69, 9.17) is 5.11 Å². The van der Waals surface area contributed by atoms with Gasteiger partial charge in [-0.25, -0.2) is 0 Å². The smallest absolute Gasteiger partial charge is 0.310 e. The van der Waals surface area contributed by atoms with E-state index < -0.39 is 11.9 Å². The lowest BCUT2D eigenvalue weighted by molar-refractivity contribution is -0.138. The Labute approximate surface area is 125 Å². The fraction of sp³-hybridized carbons (Fsp3) is 0.500. The molecule has 1 fully saturated rings. The van der Waals surface area contributed by atoms with Crippen molar-refractivity contribution in [2.75, 3.05) is 13.6 Å². The highest BCUT2D eigenvalue weighted by Gasteiger charge is 2.23. The minimum Gasteiger partial charge on any atom is -0.481 e. The highest BCUT2D eigenvalue weighted by molar-refractivity contribution is 5.78. The van der Waals surface area contributed by atoms with Crippen LogP contribution >= 0.6 is 0 Å². The minimum absolute atomic E-state index is 0.0659. The van der Waals surface area contributed by atoms with Crippen LogP contribution in [0.15, 0.2) is 24.3 Å². The third-order valence-corrected chi connectivity index (χ3v) is 3.66. The number of hydrogen-bond acceptors (Lipinski definition) is 3. The summed E-state index contributed by atoms with van der Waals surface area (Å²) in [4.78, 5) is 24.6. The number of benzene rings is 1. The lowest BCUT2D eigenvalue weighted by atomic mass is 10.00. The number of nitrogens with zero attached hydrogens (tertiary/aromatic N) is 1. The Bertz CT molecular complexity index is 509. The summed E-state index contributed by atoms with van der Waals surface area (Å²) in [5.41, 5.74) is 1.86. The van der Waals surface area contributed by atoms with Crippen LogP contribution in [0.25, 0.3) is 0 Å². The number of amides is 1. The predicted molar refractivity (Wildman–Crippen MR) is 80.0 cm³/mol. The van der Waals surface area contributed by atoms with E-state index in [1.165, 1.54) is 0 Å². The zero-order valence-electron chi connectivity index (χ0n) is 12.5. The number of likely N-dealkylation sites (N-methyl/N-ethyl adjacent to an activating group) is 1. The number of carboxylic acids is 1. The highest BCUT2D eigenvalue weighted by atomic mass is 16.4. The summed E-state index contributed by atoms with van der Waals surface area (Å²) in [5, 5.41) is 11.9. The standard InChI is InChI=1S/C16H22N2O3/c1-11(16(20)21)13-5-3-12(4-6-13)9-18(2)10-15(19)17-14-7-8-14/h3-6,11,14H,7-10H2,1-2H3,(H,17,19)(H,20,21). The number of carboxylic acid groups (broad SMARTS) is 1. The summed E-state index contributed by atoms with van der Waals surface area (Å²) in [5.74, 6) is -1.26. The lowest BCUT2D eigenvalue weighted by Gasteiger charge is -2.17. The Kier molecular flexibility index (Phi) is 4.96. The summed E-state index contributed by atoms with van der Waals surface area (Å²) in [6.07, 6.45) is 2.19. The van der Waals surface area contributed by atoms with Gasteiger partial charge in [-0.1, -0.05) is 24.3 Å². The van der Waals surface area contributed by atoms with Crippen molar-refractivity contribution in [2.45, 2.75) is 38.3 Å². The van der Waals surface area contributed by atoms with Gasteiger partial charge in [-0.15, -0.1) is 0 Å². The predicted octanol–water partition coefficient (Wildman–Crippen LogP) is 1.59. The largest absolute Gasteiger partial charge is 0.481 e. The Hall–Kier alpha value is -1.88. The second kappa shape index (κ2) is 6.72. The van der Waals surface area contributed by atoms with Gasteiger partial charge >= 0.3 is 5.97 Å². The fourth-order valence-electron chi connectivity index (χ4n) is 2.17. The molecule has 0 aromatic heterocycles. The minimum atomic E-state index is -0.823. The van der Waals surface area contributed by atoms with Crippen LogP contribution in [-0.2, 0) is 16.1 Å². The van der Waals surface area contributed by atoms with Crippen LogP contribution in [0, 0.1) is 0 Å². The highest BCUT2D eigenvalue weighted by Crippen LogP contribution is 2.18. The molecule has 114 valence electrons. The number of carbonyl (C=O) groups excluding carboxylic acids is 1. The molecule has 0 heterocycles. The van der Waals surface area contributed by atoms with Crippen LogP contribution in [0.5, 0.6) is 0 Å². The van der Waals surface area contributed by atoms with Crippen LogP contribution in [0.3, 0.4) is 0 Å². The molecule has 2 N–H and O–H groups in total. The van der Waals surface area contributed by atoms with Crippen molar-refractivity contribution in [1.29, 1.82) is 0 Å². The van der Waals surface area contributed by atoms with Gasteiger partial charge in [0, 0.05) is 12.6 Å². The number of rotatable bonds is 7. The quantitative estimate of drug-likeness (QED) is 0.800. The van der Waals surface area contributed by atoms with E-state index in [1.807, 2.05) is 36.2 Å². The van der Waals surface area contributed by atoms with E-state index >= 15 is 0 Å². The summed E-state index contributed by atoms with van der Waals surface area (Å²) in [6.45, 7) is 2.72. The number of hydrogen-bond donors (Lipinski definition) is 2. The molecule has 1 saturated carbocycles. The molecule has 1 aliphatic carbocycles. The molecular weight excluding hydrogens is 268 g/mol. The van der Waals surface area contributed by atoms with Gasteiger partial charge in [0.2, 0.25) is 5.91 Å². The third-order valence-electron chi connectivity index (χ3n) is 3.66. The van der Waals surface area contributed by atoms with Gasteiger partial charge in [0.15, 0.2) is 0 Å². The molecule has 0 spiro atoms. The Balaban J connectivity index is 1.84. The summed E-state index contributed by atoms with van der Waals surface area (Å²) < 4.78 is 0. The second-order valence-corrected chi connectivity index (χ2v) is 5.82. The van der Waals surface area contributed by atoms with Gasteiger partial charge in [0.1, 0.15) is 0 Å². The van der Waals surface area contributed by atoms with Gasteiger partial charge < -0.3 is 10.4 Å². The van der Waals surface area contributed by atoms with Crippen molar-refractivity contribution in [3.8, 4) is 0 Å². The Morgan fingerprint density at radius 1 is 1.33 bits per heavy atom. The summed E-state index contributed by atoms with van der Waals surface area (Å²) >= 11 is 0. The van der Waals surface area contributed by atoms with Gasteiger partial charge in [-0.3, -0.25) is 14.5 Å². The first-order valence-corrected chi connectivity index (χ1v) is 7.25. The van der Waals surface area contributed by atoms with Crippen molar-refractivity contribution in [1.82, 2.24) is 10.2 Å². The van der Waals surface area contributed by atoms with Gasteiger partial charge in [-0.2, -0.15) is 0 Å². The van der Waals surface area contributed by atoms with E-state index in [2.05, 4.69) is 5.32 Å².